The number of hydrogen-bond acceptors (Lipinski definition) is 4. The van der Waals surface area contributed by atoms with E-state index >= 15 is 0 Å². The summed E-state index contributed by atoms with van der Waals surface area (Å²) >= 11 is 3.85. The van der Waals surface area contributed by atoms with Crippen molar-refractivity contribution in [1.29, 1.82) is 0 Å². The number of likely N-dealkylation sites (N-methyl/N-ethyl adjacent to an activating group) is 1. The van der Waals surface area contributed by atoms with E-state index in [0.717, 1.165) is 12.3 Å². The van der Waals surface area contributed by atoms with E-state index in [1.165, 1.54) is 22.9 Å². The van der Waals surface area contributed by atoms with Gasteiger partial charge in [0.15, 0.2) is 0 Å². The van der Waals surface area contributed by atoms with E-state index in [9.17, 15) is 0 Å². The Labute approximate surface area is 93.5 Å². The Balaban J connectivity index is 1.92. The largest absolute Gasteiger partial charge is 0.316 e. The van der Waals surface area contributed by atoms with Gasteiger partial charge in [-0.3, -0.25) is 0 Å². The third-order valence-corrected chi connectivity index (χ3v) is 4.77. The maximum Gasteiger partial charge on any atom is 0.0940 e. The van der Waals surface area contributed by atoms with Crippen molar-refractivity contribution in [3.8, 4) is 0 Å². The molecule has 0 saturated carbocycles. The van der Waals surface area contributed by atoms with Crippen LogP contribution in [0.1, 0.15) is 11.4 Å². The van der Waals surface area contributed by atoms with Crippen LogP contribution < -0.4 is 5.32 Å². The van der Waals surface area contributed by atoms with E-state index in [4.69, 9.17) is 0 Å². The van der Waals surface area contributed by atoms with Gasteiger partial charge in [0.05, 0.1) is 5.01 Å². The summed E-state index contributed by atoms with van der Waals surface area (Å²) in [5.41, 5.74) is 0. The van der Waals surface area contributed by atoms with Gasteiger partial charge in [-0.05, 0) is 30.9 Å². The molecule has 0 bridgehead atoms. The van der Waals surface area contributed by atoms with E-state index in [1.54, 1.807) is 11.3 Å². The fourth-order valence-electron chi connectivity index (χ4n) is 1.92. The highest BCUT2D eigenvalue weighted by molar-refractivity contribution is 7.99. The summed E-state index contributed by atoms with van der Waals surface area (Å²) in [7, 11) is 2.07. The quantitative estimate of drug-likeness (QED) is 0.853. The van der Waals surface area contributed by atoms with Crippen LogP contribution in [-0.2, 0) is 6.42 Å². The van der Waals surface area contributed by atoms with Gasteiger partial charge in [-0.25, -0.2) is 4.98 Å². The molecule has 1 aliphatic heterocycles. The van der Waals surface area contributed by atoms with Crippen molar-refractivity contribution in [2.75, 3.05) is 18.6 Å². The maximum atomic E-state index is 4.35. The minimum atomic E-state index is 0.621. The Morgan fingerprint density at radius 1 is 1.71 bits per heavy atom. The van der Waals surface area contributed by atoms with Gasteiger partial charge in [-0.15, -0.1) is 11.3 Å². The van der Waals surface area contributed by atoms with Gasteiger partial charge >= 0.3 is 0 Å². The van der Waals surface area contributed by atoms with Crippen LogP contribution in [-0.4, -0.2) is 29.6 Å². The van der Waals surface area contributed by atoms with Crippen LogP contribution in [0.2, 0.25) is 0 Å². The number of rotatable bonds is 4. The second-order valence-corrected chi connectivity index (χ2v) is 5.78. The average molecular weight is 228 g/mol. The second-order valence-electron chi connectivity index (χ2n) is 3.65. The summed E-state index contributed by atoms with van der Waals surface area (Å²) in [5.74, 6) is 3.49. The molecule has 0 aromatic carbocycles. The molecule has 2 heterocycles. The molecule has 0 spiro atoms. The molecule has 0 radical (unpaired) electrons. The minimum Gasteiger partial charge on any atom is -0.316 e. The zero-order valence-corrected chi connectivity index (χ0v) is 10.0. The Bertz CT molecular complexity index is 255. The van der Waals surface area contributed by atoms with Gasteiger partial charge in [0.2, 0.25) is 0 Å². The molecule has 2 atom stereocenters. The van der Waals surface area contributed by atoms with E-state index in [-0.39, 0.29) is 0 Å². The van der Waals surface area contributed by atoms with Crippen molar-refractivity contribution in [2.24, 2.45) is 5.92 Å². The molecule has 2 unspecified atom stereocenters. The van der Waals surface area contributed by atoms with E-state index in [2.05, 4.69) is 34.5 Å². The second kappa shape index (κ2) is 5.14. The average Bonchev–Trinajstić information content (AvgIpc) is 2.86. The normalized spacial score (nSPS) is 23.9. The summed E-state index contributed by atoms with van der Waals surface area (Å²) < 4.78 is 0. The van der Waals surface area contributed by atoms with E-state index < -0.39 is 0 Å². The van der Waals surface area contributed by atoms with Gasteiger partial charge in [-0.2, -0.15) is 11.8 Å². The summed E-state index contributed by atoms with van der Waals surface area (Å²) in [6.45, 7) is 0. The first-order valence-corrected chi connectivity index (χ1v) is 7.07. The smallest absolute Gasteiger partial charge is 0.0940 e. The first-order valence-electron chi connectivity index (χ1n) is 5.03. The van der Waals surface area contributed by atoms with Crippen molar-refractivity contribution in [1.82, 2.24) is 10.3 Å². The molecule has 1 N–H and O–H groups in total. The molecule has 2 nitrogen and oxygen atoms in total. The van der Waals surface area contributed by atoms with Gasteiger partial charge < -0.3 is 5.32 Å². The number of nitrogens with one attached hydrogen (secondary N) is 1. The number of thioether (sulfide) groups is 1. The first kappa shape index (κ1) is 10.5. The predicted molar refractivity (Wildman–Crippen MR) is 64.1 cm³/mol. The van der Waals surface area contributed by atoms with Crippen molar-refractivity contribution in [3.05, 3.63) is 16.6 Å². The van der Waals surface area contributed by atoms with Crippen LogP contribution >= 0.6 is 23.1 Å². The Hall–Kier alpha value is -0.0600. The third kappa shape index (κ3) is 2.49. The van der Waals surface area contributed by atoms with Crippen LogP contribution in [0, 0.1) is 5.92 Å². The predicted octanol–water partition coefficient (Wildman–Crippen LogP) is 2.03. The van der Waals surface area contributed by atoms with Crippen molar-refractivity contribution >= 4 is 23.1 Å². The van der Waals surface area contributed by atoms with Crippen LogP contribution in [0.25, 0.3) is 0 Å². The molecule has 0 amide bonds. The SMILES string of the molecule is CNC(Cc1nccs1)C1CCSC1. The monoisotopic (exact) mass is 228 g/mol. The highest BCUT2D eigenvalue weighted by atomic mass is 32.2. The number of hydrogen-bond donors (Lipinski definition) is 1. The summed E-state index contributed by atoms with van der Waals surface area (Å²) in [5, 5.41) is 6.76. The third-order valence-electron chi connectivity index (χ3n) is 2.78. The maximum absolute atomic E-state index is 4.35. The van der Waals surface area contributed by atoms with Crippen molar-refractivity contribution in [2.45, 2.75) is 18.9 Å². The van der Waals surface area contributed by atoms with Crippen LogP contribution in [0.15, 0.2) is 11.6 Å². The van der Waals surface area contributed by atoms with Gasteiger partial charge in [0, 0.05) is 24.0 Å². The molecule has 1 aliphatic rings. The zero-order chi connectivity index (χ0) is 9.80. The van der Waals surface area contributed by atoms with Gasteiger partial charge in [0.1, 0.15) is 0 Å². The summed E-state index contributed by atoms with van der Waals surface area (Å²) in [6, 6.07) is 0.621. The standard InChI is InChI=1S/C10H16N2S2/c1-11-9(8-2-4-13-7-8)6-10-12-3-5-14-10/h3,5,8-9,11H,2,4,6-7H2,1H3. The molecule has 1 saturated heterocycles. The van der Waals surface area contributed by atoms with Crippen LogP contribution in [0.5, 0.6) is 0 Å². The lowest BCUT2D eigenvalue weighted by Gasteiger charge is -2.21. The molecule has 4 heteroatoms. The lowest BCUT2D eigenvalue weighted by molar-refractivity contribution is 0.403. The van der Waals surface area contributed by atoms with Crippen molar-refractivity contribution in [3.63, 3.8) is 0 Å². The van der Waals surface area contributed by atoms with Crippen LogP contribution in [0.4, 0.5) is 0 Å². The molecule has 2 rings (SSSR count). The summed E-state index contributed by atoms with van der Waals surface area (Å²) in [4.78, 5) is 4.35. The summed E-state index contributed by atoms with van der Waals surface area (Å²) in [6.07, 6.45) is 4.36. The zero-order valence-electron chi connectivity index (χ0n) is 8.40. The Morgan fingerprint density at radius 2 is 2.64 bits per heavy atom. The molecule has 1 fully saturated rings. The topological polar surface area (TPSA) is 24.9 Å². The molecular weight excluding hydrogens is 212 g/mol. The highest BCUT2D eigenvalue weighted by Gasteiger charge is 2.24. The Morgan fingerprint density at radius 3 is 3.21 bits per heavy atom. The molecule has 1 aromatic heterocycles. The molecule has 1 aromatic rings. The first-order chi connectivity index (χ1) is 6.90. The van der Waals surface area contributed by atoms with Crippen molar-refractivity contribution < 1.29 is 0 Å². The number of nitrogens with zero attached hydrogens (tertiary/aromatic N) is 1. The minimum absolute atomic E-state index is 0.621. The molecule has 78 valence electrons. The van der Waals surface area contributed by atoms with E-state index in [1.807, 2.05) is 6.20 Å². The lowest BCUT2D eigenvalue weighted by atomic mass is 9.97. The highest BCUT2D eigenvalue weighted by Crippen LogP contribution is 2.27. The lowest BCUT2D eigenvalue weighted by Crippen LogP contribution is -2.35. The van der Waals surface area contributed by atoms with Crippen LogP contribution in [0.3, 0.4) is 0 Å². The number of thiazole rings is 1. The number of aromatic nitrogens is 1. The fourth-order valence-corrected chi connectivity index (χ4v) is 3.93. The van der Waals surface area contributed by atoms with Gasteiger partial charge in [0.25, 0.3) is 0 Å². The molecule has 0 aliphatic carbocycles. The molecular formula is C10H16N2S2. The van der Waals surface area contributed by atoms with E-state index in [0.29, 0.717) is 6.04 Å². The fraction of sp³-hybridized carbons (Fsp3) is 0.700. The molecule has 14 heavy (non-hydrogen) atoms. The van der Waals surface area contributed by atoms with Gasteiger partial charge in [-0.1, -0.05) is 0 Å². The Kier molecular flexibility index (Phi) is 3.84.